The normalized spacial score (nSPS) is 10.8. The topological polar surface area (TPSA) is 99.0 Å². The van der Waals surface area contributed by atoms with Gasteiger partial charge in [-0.1, -0.05) is 35.5 Å². The van der Waals surface area contributed by atoms with Gasteiger partial charge in [0.05, 0.1) is 6.20 Å². The molecular formula is C18H13N5O2S. The second-order valence-corrected chi connectivity index (χ2v) is 6.02. The number of benzene rings is 2. The van der Waals surface area contributed by atoms with Gasteiger partial charge in [0.1, 0.15) is 11.3 Å². The van der Waals surface area contributed by atoms with Crippen molar-refractivity contribution in [2.45, 2.75) is 0 Å². The molecular weight excluding hydrogens is 350 g/mol. The van der Waals surface area contributed by atoms with E-state index in [9.17, 15) is 4.79 Å². The summed E-state index contributed by atoms with van der Waals surface area (Å²) in [4.78, 5) is 12.4. The number of hydrogen-bond acceptors (Lipinski definition) is 5. The van der Waals surface area contributed by atoms with Crippen LogP contribution in [-0.2, 0) is 0 Å². The van der Waals surface area contributed by atoms with Crippen LogP contribution in [0.4, 0.5) is 5.69 Å². The van der Waals surface area contributed by atoms with Crippen molar-refractivity contribution in [3.05, 3.63) is 71.2 Å². The summed E-state index contributed by atoms with van der Waals surface area (Å²) in [5, 5.41) is 11.9. The average molecular weight is 363 g/mol. The maximum atomic E-state index is 12.4. The van der Waals surface area contributed by atoms with Crippen LogP contribution < -0.4 is 16.7 Å². The molecule has 4 rings (SSSR count). The van der Waals surface area contributed by atoms with Crippen LogP contribution in [0.15, 0.2) is 70.0 Å². The molecule has 0 saturated carbocycles. The molecule has 0 saturated heterocycles. The summed E-state index contributed by atoms with van der Waals surface area (Å²) in [6.45, 7) is 0. The van der Waals surface area contributed by atoms with E-state index in [1.165, 1.54) is 4.68 Å². The van der Waals surface area contributed by atoms with Crippen LogP contribution >= 0.6 is 12.2 Å². The molecule has 128 valence electrons. The van der Waals surface area contributed by atoms with Gasteiger partial charge in [-0.15, -0.1) is 5.10 Å². The molecule has 2 heterocycles. The first-order valence-electron chi connectivity index (χ1n) is 7.73. The Kier molecular flexibility index (Phi) is 3.94. The van der Waals surface area contributed by atoms with Crippen LogP contribution in [0.2, 0.25) is 0 Å². The van der Waals surface area contributed by atoms with E-state index < -0.39 is 5.63 Å². The molecule has 2 aromatic heterocycles. The van der Waals surface area contributed by atoms with Gasteiger partial charge in [-0.25, -0.2) is 9.48 Å². The first-order valence-corrected chi connectivity index (χ1v) is 8.13. The van der Waals surface area contributed by atoms with E-state index in [0.29, 0.717) is 17.0 Å². The van der Waals surface area contributed by atoms with Crippen molar-refractivity contribution in [2.75, 3.05) is 5.32 Å². The number of nitrogens with two attached hydrogens (primary N) is 1. The Morgan fingerprint density at radius 1 is 1.15 bits per heavy atom. The number of thiocarbonyl (C=S) groups is 1. The second-order valence-electron chi connectivity index (χ2n) is 5.58. The largest absolute Gasteiger partial charge is 0.421 e. The zero-order valence-corrected chi connectivity index (χ0v) is 14.2. The lowest BCUT2D eigenvalue weighted by Gasteiger charge is -2.05. The maximum absolute atomic E-state index is 12.4. The van der Waals surface area contributed by atoms with E-state index in [0.717, 1.165) is 10.9 Å². The molecule has 0 aliphatic heterocycles. The van der Waals surface area contributed by atoms with Crippen molar-refractivity contribution in [1.29, 1.82) is 0 Å². The van der Waals surface area contributed by atoms with Crippen molar-refractivity contribution < 1.29 is 4.42 Å². The van der Waals surface area contributed by atoms with Crippen molar-refractivity contribution >= 4 is 34.0 Å². The first kappa shape index (κ1) is 16.0. The Balaban J connectivity index is 1.75. The van der Waals surface area contributed by atoms with Gasteiger partial charge < -0.3 is 15.5 Å². The van der Waals surface area contributed by atoms with E-state index in [4.69, 9.17) is 22.4 Å². The minimum absolute atomic E-state index is 0.138. The zero-order valence-electron chi connectivity index (χ0n) is 13.4. The molecule has 4 aromatic rings. The third kappa shape index (κ3) is 3.05. The molecule has 0 aliphatic rings. The van der Waals surface area contributed by atoms with E-state index in [2.05, 4.69) is 15.6 Å². The van der Waals surface area contributed by atoms with Gasteiger partial charge in [-0.2, -0.15) is 0 Å². The monoisotopic (exact) mass is 363 g/mol. The van der Waals surface area contributed by atoms with Gasteiger partial charge in [0.15, 0.2) is 10.8 Å². The van der Waals surface area contributed by atoms with Crippen LogP contribution in [0.25, 0.3) is 27.9 Å². The SMILES string of the molecule is NC(=S)Nc1ccc2cc(-n3cc(-c4ccccc4)nn3)c(=O)oc2c1. The van der Waals surface area contributed by atoms with Crippen LogP contribution in [0.3, 0.4) is 0 Å². The number of nitrogens with zero attached hydrogens (tertiary/aromatic N) is 3. The number of anilines is 1. The fourth-order valence-corrected chi connectivity index (χ4v) is 2.72. The molecule has 2 aromatic carbocycles. The van der Waals surface area contributed by atoms with Gasteiger partial charge >= 0.3 is 5.63 Å². The summed E-state index contributed by atoms with van der Waals surface area (Å²) in [6, 6.07) is 16.6. The quantitative estimate of drug-likeness (QED) is 0.426. The summed E-state index contributed by atoms with van der Waals surface area (Å²) < 4.78 is 6.83. The van der Waals surface area contributed by atoms with E-state index in [1.807, 2.05) is 30.3 Å². The molecule has 0 radical (unpaired) electrons. The molecule has 7 nitrogen and oxygen atoms in total. The van der Waals surface area contributed by atoms with Gasteiger partial charge in [0, 0.05) is 22.7 Å². The summed E-state index contributed by atoms with van der Waals surface area (Å²) >= 11 is 4.81. The van der Waals surface area contributed by atoms with E-state index in [1.54, 1.807) is 30.5 Å². The minimum Gasteiger partial charge on any atom is -0.421 e. The molecule has 0 spiro atoms. The lowest BCUT2D eigenvalue weighted by atomic mass is 10.2. The standard InChI is InChI=1S/C18H13N5O2S/c19-18(26)20-13-7-6-12-8-15(17(24)25-16(12)9-13)23-10-14(21-22-23)11-4-2-1-3-5-11/h1-10H,(H3,19,20,26). The third-order valence-corrected chi connectivity index (χ3v) is 3.90. The molecule has 0 unspecified atom stereocenters. The van der Waals surface area contributed by atoms with Crippen molar-refractivity contribution in [3.8, 4) is 16.9 Å². The fraction of sp³-hybridized carbons (Fsp3) is 0. The van der Waals surface area contributed by atoms with Crippen LogP contribution in [-0.4, -0.2) is 20.1 Å². The molecule has 0 amide bonds. The van der Waals surface area contributed by atoms with Crippen molar-refractivity contribution in [2.24, 2.45) is 5.73 Å². The average Bonchev–Trinajstić information content (AvgIpc) is 3.11. The Labute approximate surface area is 153 Å². The number of rotatable bonds is 3. The van der Waals surface area contributed by atoms with Gasteiger partial charge in [0.25, 0.3) is 0 Å². The summed E-state index contributed by atoms with van der Waals surface area (Å²) in [6.07, 6.45) is 1.69. The highest BCUT2D eigenvalue weighted by molar-refractivity contribution is 7.80. The number of nitrogens with one attached hydrogen (secondary N) is 1. The van der Waals surface area contributed by atoms with Crippen LogP contribution in [0.5, 0.6) is 0 Å². The van der Waals surface area contributed by atoms with Crippen LogP contribution in [0, 0.1) is 0 Å². The second kappa shape index (κ2) is 6.41. The Morgan fingerprint density at radius 3 is 2.73 bits per heavy atom. The van der Waals surface area contributed by atoms with Crippen molar-refractivity contribution in [3.63, 3.8) is 0 Å². The summed E-state index contributed by atoms with van der Waals surface area (Å²) in [7, 11) is 0. The van der Waals surface area contributed by atoms with E-state index in [-0.39, 0.29) is 10.8 Å². The minimum atomic E-state index is -0.519. The first-order chi connectivity index (χ1) is 12.6. The zero-order chi connectivity index (χ0) is 18.1. The highest BCUT2D eigenvalue weighted by Gasteiger charge is 2.11. The number of aromatic nitrogens is 3. The predicted molar refractivity (Wildman–Crippen MR) is 103 cm³/mol. The van der Waals surface area contributed by atoms with Gasteiger partial charge in [-0.05, 0) is 30.4 Å². The van der Waals surface area contributed by atoms with Gasteiger partial charge in [0.2, 0.25) is 0 Å². The van der Waals surface area contributed by atoms with Gasteiger partial charge in [-0.3, -0.25) is 0 Å². The van der Waals surface area contributed by atoms with Crippen LogP contribution in [0.1, 0.15) is 0 Å². The highest BCUT2D eigenvalue weighted by atomic mass is 32.1. The summed E-state index contributed by atoms with van der Waals surface area (Å²) in [5.74, 6) is 0. The molecule has 0 fully saturated rings. The Bertz CT molecular complexity index is 1170. The lowest BCUT2D eigenvalue weighted by molar-refractivity contribution is 0.551. The molecule has 0 bridgehead atoms. The smallest absolute Gasteiger partial charge is 0.362 e. The maximum Gasteiger partial charge on any atom is 0.362 e. The van der Waals surface area contributed by atoms with E-state index >= 15 is 0 Å². The molecule has 8 heteroatoms. The number of hydrogen-bond donors (Lipinski definition) is 2. The molecule has 26 heavy (non-hydrogen) atoms. The highest BCUT2D eigenvalue weighted by Crippen LogP contribution is 2.21. The Hall–Kier alpha value is -3.52. The Morgan fingerprint density at radius 2 is 1.96 bits per heavy atom. The fourth-order valence-electron chi connectivity index (χ4n) is 2.60. The van der Waals surface area contributed by atoms with Crippen molar-refractivity contribution in [1.82, 2.24) is 15.0 Å². The predicted octanol–water partition coefficient (Wildman–Crippen LogP) is 2.70. The molecule has 0 aliphatic carbocycles. The summed E-state index contributed by atoms with van der Waals surface area (Å²) in [5.41, 5.74) is 7.87. The molecule has 0 atom stereocenters. The number of fused-ring (bicyclic) bond motifs is 1. The molecule has 3 N–H and O–H groups in total. The third-order valence-electron chi connectivity index (χ3n) is 3.79. The lowest BCUT2D eigenvalue weighted by Crippen LogP contribution is -2.18.